The second-order valence-electron chi connectivity index (χ2n) is 2.96. The Labute approximate surface area is 81.9 Å². The predicted molar refractivity (Wildman–Crippen MR) is 55.7 cm³/mol. The Morgan fingerprint density at radius 2 is 1.77 bits per heavy atom. The van der Waals surface area contributed by atoms with Crippen LogP contribution in [0.25, 0.3) is 0 Å². The van der Waals surface area contributed by atoms with Crippen molar-refractivity contribution in [3.63, 3.8) is 0 Å². The molecule has 0 aliphatic heterocycles. The number of rotatable bonds is 9. The van der Waals surface area contributed by atoms with E-state index in [1.807, 2.05) is 0 Å². The molecule has 0 saturated carbocycles. The van der Waals surface area contributed by atoms with Gasteiger partial charge in [-0.3, -0.25) is 0 Å². The lowest BCUT2D eigenvalue weighted by atomic mass is 10.3. The van der Waals surface area contributed by atoms with Crippen LogP contribution in [0.2, 0.25) is 0 Å². The third kappa shape index (κ3) is 11.7. The van der Waals surface area contributed by atoms with E-state index in [0.29, 0.717) is 6.79 Å². The van der Waals surface area contributed by atoms with Gasteiger partial charge in [0.2, 0.25) is 0 Å². The van der Waals surface area contributed by atoms with Crippen LogP contribution in [-0.2, 0) is 9.47 Å². The molecule has 2 nitrogen and oxygen atoms in total. The lowest BCUT2D eigenvalue weighted by molar-refractivity contribution is -0.0528. The summed E-state index contributed by atoms with van der Waals surface area (Å²) in [5, 5.41) is 0. The van der Waals surface area contributed by atoms with Gasteiger partial charge in [-0.1, -0.05) is 32.4 Å². The van der Waals surface area contributed by atoms with Crippen molar-refractivity contribution in [2.24, 2.45) is 0 Å². The third-order valence-corrected chi connectivity index (χ3v) is 1.64. The van der Waals surface area contributed by atoms with E-state index >= 15 is 0 Å². The van der Waals surface area contributed by atoms with Gasteiger partial charge in [0.15, 0.2) is 0 Å². The molecule has 0 aromatic carbocycles. The summed E-state index contributed by atoms with van der Waals surface area (Å²) in [6, 6.07) is 0. The highest BCUT2D eigenvalue weighted by Gasteiger charge is 1.86. The Bertz CT molecular complexity index is 111. The molecule has 78 valence electrons. The first kappa shape index (κ1) is 12.7. The monoisotopic (exact) mass is 186 g/mol. The zero-order valence-corrected chi connectivity index (χ0v) is 8.92. The van der Waals surface area contributed by atoms with Gasteiger partial charge in [-0.25, -0.2) is 0 Å². The lowest BCUT2D eigenvalue weighted by Crippen LogP contribution is -2.01. The molecule has 0 amide bonds. The molecule has 0 spiro atoms. The van der Waals surface area contributed by atoms with Crippen molar-refractivity contribution >= 4 is 0 Å². The first-order valence-corrected chi connectivity index (χ1v) is 5.22. The van der Waals surface area contributed by atoms with Gasteiger partial charge in [-0.15, -0.1) is 0 Å². The van der Waals surface area contributed by atoms with Gasteiger partial charge in [0.25, 0.3) is 0 Å². The Morgan fingerprint density at radius 1 is 1.00 bits per heavy atom. The maximum atomic E-state index is 5.25. The second kappa shape index (κ2) is 11.7. The van der Waals surface area contributed by atoms with E-state index in [1.54, 1.807) is 0 Å². The lowest BCUT2D eigenvalue weighted by Gasteiger charge is -2.03. The van der Waals surface area contributed by atoms with Crippen LogP contribution >= 0.6 is 0 Å². The normalized spacial score (nSPS) is 11.2. The van der Waals surface area contributed by atoms with Gasteiger partial charge >= 0.3 is 0 Å². The molecule has 0 radical (unpaired) electrons. The van der Waals surface area contributed by atoms with E-state index < -0.39 is 0 Å². The highest BCUT2D eigenvalue weighted by Crippen LogP contribution is 1.90. The molecule has 2 heteroatoms. The number of allylic oxidation sites excluding steroid dienone is 1. The highest BCUT2D eigenvalue weighted by atomic mass is 16.7. The molecular formula is C11H22O2. The van der Waals surface area contributed by atoms with Crippen LogP contribution in [0.15, 0.2) is 12.2 Å². The summed E-state index contributed by atoms with van der Waals surface area (Å²) in [6.07, 6.45) is 8.70. The van der Waals surface area contributed by atoms with Crippen LogP contribution < -0.4 is 0 Å². The summed E-state index contributed by atoms with van der Waals surface area (Å²) in [4.78, 5) is 0. The van der Waals surface area contributed by atoms with E-state index in [2.05, 4.69) is 26.0 Å². The van der Waals surface area contributed by atoms with Crippen molar-refractivity contribution < 1.29 is 9.47 Å². The van der Waals surface area contributed by atoms with Crippen molar-refractivity contribution in [1.82, 2.24) is 0 Å². The van der Waals surface area contributed by atoms with Crippen molar-refractivity contribution in [3.8, 4) is 0 Å². The molecule has 13 heavy (non-hydrogen) atoms. The smallest absolute Gasteiger partial charge is 0.146 e. The van der Waals surface area contributed by atoms with Gasteiger partial charge in [0.1, 0.15) is 6.79 Å². The fourth-order valence-corrected chi connectivity index (χ4v) is 0.859. The Hall–Kier alpha value is -0.340. The topological polar surface area (TPSA) is 18.5 Å². The molecule has 0 saturated heterocycles. The SMILES string of the molecule is CC/C=C\CCOCOCCCC. The Balaban J connectivity index is 2.87. The van der Waals surface area contributed by atoms with Gasteiger partial charge in [-0.05, 0) is 19.3 Å². The third-order valence-electron chi connectivity index (χ3n) is 1.64. The second-order valence-corrected chi connectivity index (χ2v) is 2.96. The summed E-state index contributed by atoms with van der Waals surface area (Å²) in [5.41, 5.74) is 0. The average Bonchev–Trinajstić information content (AvgIpc) is 2.16. The molecule has 0 fully saturated rings. The maximum absolute atomic E-state index is 5.25. The van der Waals surface area contributed by atoms with E-state index in [1.165, 1.54) is 6.42 Å². The predicted octanol–water partition coefficient (Wildman–Crippen LogP) is 3.13. The summed E-state index contributed by atoms with van der Waals surface area (Å²) in [6.45, 7) is 6.31. The average molecular weight is 186 g/mol. The number of hydrogen-bond donors (Lipinski definition) is 0. The number of ether oxygens (including phenoxy) is 2. The minimum atomic E-state index is 0.444. The number of hydrogen-bond acceptors (Lipinski definition) is 2. The molecule has 0 heterocycles. The Morgan fingerprint density at radius 3 is 2.46 bits per heavy atom. The minimum absolute atomic E-state index is 0.444. The zero-order valence-electron chi connectivity index (χ0n) is 8.92. The molecule has 0 rings (SSSR count). The van der Waals surface area contributed by atoms with Gasteiger partial charge < -0.3 is 9.47 Å². The fourth-order valence-electron chi connectivity index (χ4n) is 0.859. The van der Waals surface area contributed by atoms with E-state index in [4.69, 9.17) is 9.47 Å². The molecule has 0 aliphatic rings. The van der Waals surface area contributed by atoms with E-state index in [9.17, 15) is 0 Å². The van der Waals surface area contributed by atoms with Gasteiger partial charge in [0.05, 0.1) is 6.61 Å². The van der Waals surface area contributed by atoms with Crippen molar-refractivity contribution in [3.05, 3.63) is 12.2 Å². The van der Waals surface area contributed by atoms with Gasteiger partial charge in [-0.2, -0.15) is 0 Å². The van der Waals surface area contributed by atoms with Crippen LogP contribution in [0.3, 0.4) is 0 Å². The quantitative estimate of drug-likeness (QED) is 0.313. The molecular weight excluding hydrogens is 164 g/mol. The molecule has 0 bridgehead atoms. The standard InChI is InChI=1S/C11H22O2/c1-3-5-7-8-10-13-11-12-9-6-4-2/h5,7H,3-4,6,8-11H2,1-2H3/b7-5-. The fraction of sp³-hybridized carbons (Fsp3) is 0.818. The molecule has 0 aromatic rings. The molecule has 0 aromatic heterocycles. The van der Waals surface area contributed by atoms with Crippen LogP contribution in [-0.4, -0.2) is 20.0 Å². The first-order chi connectivity index (χ1) is 6.41. The summed E-state index contributed by atoms with van der Waals surface area (Å²) in [7, 11) is 0. The van der Waals surface area contributed by atoms with E-state index in [0.717, 1.165) is 32.5 Å². The van der Waals surface area contributed by atoms with Crippen molar-refractivity contribution in [1.29, 1.82) is 0 Å². The molecule has 0 unspecified atom stereocenters. The summed E-state index contributed by atoms with van der Waals surface area (Å²) >= 11 is 0. The van der Waals surface area contributed by atoms with Crippen molar-refractivity contribution in [2.75, 3.05) is 20.0 Å². The maximum Gasteiger partial charge on any atom is 0.146 e. The first-order valence-electron chi connectivity index (χ1n) is 5.22. The van der Waals surface area contributed by atoms with Crippen LogP contribution in [0.5, 0.6) is 0 Å². The highest BCUT2D eigenvalue weighted by molar-refractivity contribution is 4.79. The zero-order chi connectivity index (χ0) is 9.78. The summed E-state index contributed by atoms with van der Waals surface area (Å²) < 4.78 is 10.5. The van der Waals surface area contributed by atoms with Crippen LogP contribution in [0.1, 0.15) is 39.5 Å². The van der Waals surface area contributed by atoms with Crippen molar-refractivity contribution in [2.45, 2.75) is 39.5 Å². The van der Waals surface area contributed by atoms with Crippen LogP contribution in [0, 0.1) is 0 Å². The minimum Gasteiger partial charge on any atom is -0.355 e. The summed E-state index contributed by atoms with van der Waals surface area (Å²) in [5.74, 6) is 0. The molecule has 0 atom stereocenters. The van der Waals surface area contributed by atoms with Gasteiger partial charge in [0, 0.05) is 6.61 Å². The Kier molecular flexibility index (Phi) is 11.4. The molecule has 0 N–H and O–H groups in total. The largest absolute Gasteiger partial charge is 0.355 e. The molecule has 0 aliphatic carbocycles. The van der Waals surface area contributed by atoms with E-state index in [-0.39, 0.29) is 0 Å². The number of unbranched alkanes of at least 4 members (excludes halogenated alkanes) is 1. The van der Waals surface area contributed by atoms with Crippen LogP contribution in [0.4, 0.5) is 0 Å².